The molecule has 0 saturated carbocycles. The monoisotopic (exact) mass is 324 g/mol. The summed E-state index contributed by atoms with van der Waals surface area (Å²) in [6.45, 7) is 6.53. The molecule has 0 unspecified atom stereocenters. The van der Waals surface area contributed by atoms with Crippen molar-refractivity contribution in [2.24, 2.45) is 0 Å². The number of aryl methyl sites for hydroxylation is 1. The molecule has 0 radical (unpaired) electrons. The highest BCUT2D eigenvalue weighted by atomic mass is 32.1. The van der Waals surface area contributed by atoms with Crippen molar-refractivity contribution in [1.29, 1.82) is 0 Å². The molecule has 2 rings (SSSR count). The Morgan fingerprint density at radius 2 is 1.71 bits per heavy atom. The third kappa shape index (κ3) is 4.04. The van der Waals surface area contributed by atoms with Crippen molar-refractivity contribution in [3.05, 3.63) is 46.2 Å². The summed E-state index contributed by atoms with van der Waals surface area (Å²) in [6.07, 6.45) is 0.321. The van der Waals surface area contributed by atoms with Crippen LogP contribution in [0.2, 0.25) is 0 Å². The van der Waals surface area contributed by atoms with Gasteiger partial charge in [-0.1, -0.05) is 24.3 Å². The SMILES string of the molecule is CCOP(=O)(Cc1cscc1-c1ccccc1C)OCC. The molecule has 5 heteroatoms. The van der Waals surface area contributed by atoms with Crippen molar-refractivity contribution in [3.8, 4) is 11.1 Å². The van der Waals surface area contributed by atoms with Crippen molar-refractivity contribution >= 4 is 18.9 Å². The predicted molar refractivity (Wildman–Crippen MR) is 89.1 cm³/mol. The molecule has 114 valence electrons. The van der Waals surface area contributed by atoms with Crippen molar-refractivity contribution in [1.82, 2.24) is 0 Å². The number of rotatable bonds is 7. The number of thiophene rings is 1. The van der Waals surface area contributed by atoms with E-state index >= 15 is 0 Å². The summed E-state index contributed by atoms with van der Waals surface area (Å²) in [5.41, 5.74) is 4.53. The highest BCUT2D eigenvalue weighted by Gasteiger charge is 2.26. The van der Waals surface area contributed by atoms with E-state index in [1.54, 1.807) is 11.3 Å². The average Bonchev–Trinajstić information content (AvgIpc) is 2.87. The van der Waals surface area contributed by atoms with Gasteiger partial charge in [0.2, 0.25) is 0 Å². The molecule has 2 aromatic rings. The second-order valence-electron chi connectivity index (χ2n) is 4.73. The molecule has 1 aromatic heterocycles. The van der Waals surface area contributed by atoms with Crippen molar-refractivity contribution in [2.45, 2.75) is 26.9 Å². The molecule has 0 bridgehead atoms. The van der Waals surface area contributed by atoms with Gasteiger partial charge in [0.15, 0.2) is 0 Å². The van der Waals surface area contributed by atoms with Crippen LogP contribution in [0.15, 0.2) is 35.0 Å². The van der Waals surface area contributed by atoms with E-state index < -0.39 is 7.60 Å². The van der Waals surface area contributed by atoms with Gasteiger partial charge in [-0.2, -0.15) is 11.3 Å². The van der Waals surface area contributed by atoms with E-state index in [-0.39, 0.29) is 0 Å². The molecule has 0 aliphatic carbocycles. The summed E-state index contributed by atoms with van der Waals surface area (Å²) < 4.78 is 23.5. The van der Waals surface area contributed by atoms with Gasteiger partial charge < -0.3 is 9.05 Å². The Morgan fingerprint density at radius 1 is 1.05 bits per heavy atom. The molecule has 1 aromatic carbocycles. The fourth-order valence-electron chi connectivity index (χ4n) is 2.29. The van der Waals surface area contributed by atoms with Gasteiger partial charge in [0.25, 0.3) is 0 Å². The third-order valence-corrected chi connectivity index (χ3v) is 6.02. The highest BCUT2D eigenvalue weighted by Crippen LogP contribution is 2.53. The smallest absolute Gasteiger partial charge is 0.309 e. The molecule has 0 amide bonds. The van der Waals surface area contributed by atoms with Crippen LogP contribution in [-0.4, -0.2) is 13.2 Å². The molecule has 0 spiro atoms. The summed E-state index contributed by atoms with van der Waals surface area (Å²) in [6, 6.07) is 8.22. The maximum absolute atomic E-state index is 12.7. The van der Waals surface area contributed by atoms with Crippen molar-refractivity contribution in [2.75, 3.05) is 13.2 Å². The lowest BCUT2D eigenvalue weighted by molar-refractivity contribution is 0.219. The van der Waals surface area contributed by atoms with E-state index in [1.165, 1.54) is 11.1 Å². The lowest BCUT2D eigenvalue weighted by Gasteiger charge is -2.17. The quantitative estimate of drug-likeness (QED) is 0.632. The van der Waals surface area contributed by atoms with Gasteiger partial charge in [-0.25, -0.2) is 0 Å². The molecule has 0 aliphatic heterocycles. The molecular weight excluding hydrogens is 303 g/mol. The van der Waals surface area contributed by atoms with Gasteiger partial charge in [0.05, 0.1) is 19.4 Å². The van der Waals surface area contributed by atoms with Crippen LogP contribution in [0.1, 0.15) is 25.0 Å². The molecule has 0 atom stereocenters. The highest BCUT2D eigenvalue weighted by molar-refractivity contribution is 7.53. The maximum Gasteiger partial charge on any atom is 0.335 e. The first-order chi connectivity index (χ1) is 10.1. The van der Waals surface area contributed by atoms with E-state index in [1.807, 2.05) is 31.4 Å². The van der Waals surface area contributed by atoms with E-state index in [2.05, 4.69) is 24.4 Å². The number of hydrogen-bond donors (Lipinski definition) is 0. The van der Waals surface area contributed by atoms with Crippen LogP contribution in [0.3, 0.4) is 0 Å². The maximum atomic E-state index is 12.7. The van der Waals surface area contributed by atoms with Crippen LogP contribution in [0, 0.1) is 6.92 Å². The minimum absolute atomic E-state index is 0.321. The minimum atomic E-state index is -3.06. The summed E-state index contributed by atoms with van der Waals surface area (Å²) >= 11 is 1.61. The zero-order chi connectivity index (χ0) is 15.3. The Hall–Kier alpha value is -0.930. The van der Waals surface area contributed by atoms with Crippen LogP contribution in [0.5, 0.6) is 0 Å². The predicted octanol–water partition coefficient (Wildman–Crippen LogP) is 5.49. The summed E-state index contributed by atoms with van der Waals surface area (Å²) in [7, 11) is -3.06. The topological polar surface area (TPSA) is 35.5 Å². The molecular formula is C16H21O3PS. The fraction of sp³-hybridized carbons (Fsp3) is 0.375. The first kappa shape index (κ1) is 16.4. The molecule has 0 aliphatic rings. The Balaban J connectivity index is 2.33. The standard InChI is InChI=1S/C16H21O3PS/c1-4-18-20(17,19-5-2)10-14-11-21-12-16(14)15-9-7-6-8-13(15)3/h6-9,11-12H,4-5,10H2,1-3H3. The lowest BCUT2D eigenvalue weighted by atomic mass is 10.0. The number of hydrogen-bond acceptors (Lipinski definition) is 4. The van der Waals surface area contributed by atoms with Gasteiger partial charge >= 0.3 is 7.60 Å². The third-order valence-electron chi connectivity index (χ3n) is 3.19. The first-order valence-electron chi connectivity index (χ1n) is 7.09. The Kier molecular flexibility index (Phi) is 5.77. The summed E-state index contributed by atoms with van der Waals surface area (Å²) in [4.78, 5) is 0. The van der Waals surface area contributed by atoms with Crippen molar-refractivity contribution < 1.29 is 13.6 Å². The Bertz CT molecular complexity index is 626. The minimum Gasteiger partial charge on any atom is -0.309 e. The van der Waals surface area contributed by atoms with Crippen LogP contribution >= 0.6 is 18.9 Å². The second kappa shape index (κ2) is 7.37. The zero-order valence-corrected chi connectivity index (χ0v) is 14.4. The molecule has 3 nitrogen and oxygen atoms in total. The van der Waals surface area contributed by atoms with Gasteiger partial charge in [-0.05, 0) is 53.8 Å². The second-order valence-corrected chi connectivity index (χ2v) is 7.53. The van der Waals surface area contributed by atoms with Gasteiger partial charge in [-0.15, -0.1) is 0 Å². The van der Waals surface area contributed by atoms with Crippen molar-refractivity contribution in [3.63, 3.8) is 0 Å². The van der Waals surface area contributed by atoms with Crippen LogP contribution in [-0.2, 0) is 19.8 Å². The fourth-order valence-corrected chi connectivity index (χ4v) is 4.99. The number of benzene rings is 1. The van der Waals surface area contributed by atoms with E-state index in [9.17, 15) is 4.57 Å². The molecule has 0 N–H and O–H groups in total. The van der Waals surface area contributed by atoms with E-state index in [0.717, 1.165) is 11.1 Å². The van der Waals surface area contributed by atoms with Crippen LogP contribution in [0.25, 0.3) is 11.1 Å². The van der Waals surface area contributed by atoms with E-state index in [0.29, 0.717) is 19.4 Å². The largest absolute Gasteiger partial charge is 0.335 e. The molecule has 0 fully saturated rings. The molecule has 1 heterocycles. The molecule has 0 saturated heterocycles. The summed E-state index contributed by atoms with van der Waals surface area (Å²) in [5.74, 6) is 0. The molecule has 21 heavy (non-hydrogen) atoms. The van der Waals surface area contributed by atoms with E-state index in [4.69, 9.17) is 9.05 Å². The van der Waals surface area contributed by atoms with Gasteiger partial charge in [-0.3, -0.25) is 4.57 Å². The van der Waals surface area contributed by atoms with Gasteiger partial charge in [0.1, 0.15) is 0 Å². The summed E-state index contributed by atoms with van der Waals surface area (Å²) in [5, 5.41) is 4.13. The first-order valence-corrected chi connectivity index (χ1v) is 9.76. The normalized spacial score (nSPS) is 11.8. The Labute approximate surface area is 130 Å². The van der Waals surface area contributed by atoms with Gasteiger partial charge in [0, 0.05) is 0 Å². The van der Waals surface area contributed by atoms with Crippen LogP contribution < -0.4 is 0 Å². The average molecular weight is 324 g/mol. The lowest BCUT2D eigenvalue weighted by Crippen LogP contribution is -1.99. The zero-order valence-electron chi connectivity index (χ0n) is 12.7. The van der Waals surface area contributed by atoms with Crippen LogP contribution in [0.4, 0.5) is 0 Å². The Morgan fingerprint density at radius 3 is 2.33 bits per heavy atom.